The summed E-state index contributed by atoms with van der Waals surface area (Å²) in [5, 5.41) is 20.3. The van der Waals surface area contributed by atoms with Crippen LogP contribution in [0.4, 0.5) is 4.79 Å². The lowest BCUT2D eigenvalue weighted by Crippen LogP contribution is -2.45. The molecule has 1 atom stereocenters. The minimum atomic E-state index is -1.09. The quantitative estimate of drug-likeness (QED) is 0.554. The van der Waals surface area contributed by atoms with Gasteiger partial charge in [0.1, 0.15) is 6.04 Å². The number of H-pyrrole nitrogens is 1. The van der Waals surface area contributed by atoms with Crippen LogP contribution in [0.2, 0.25) is 0 Å². The van der Waals surface area contributed by atoms with Gasteiger partial charge in [0.2, 0.25) is 0 Å². The number of aliphatic carboxylic acids is 1. The van der Waals surface area contributed by atoms with Crippen molar-refractivity contribution in [1.29, 1.82) is 0 Å². The van der Waals surface area contributed by atoms with Crippen LogP contribution in [0.5, 0.6) is 0 Å². The summed E-state index contributed by atoms with van der Waals surface area (Å²) >= 11 is 0. The van der Waals surface area contributed by atoms with Crippen molar-refractivity contribution >= 4 is 12.0 Å². The number of carbonyl (C=O) groups is 2. The van der Waals surface area contributed by atoms with E-state index in [1.807, 2.05) is 6.92 Å². The SMILES string of the molecule is C=CCC(NC(=O)NCc1cn[nH]c1C)C(=O)O. The molecule has 0 saturated carbocycles. The van der Waals surface area contributed by atoms with Crippen LogP contribution >= 0.6 is 0 Å². The molecule has 0 spiro atoms. The van der Waals surface area contributed by atoms with Crippen molar-refractivity contribution in [3.05, 3.63) is 30.1 Å². The van der Waals surface area contributed by atoms with Gasteiger partial charge in [0, 0.05) is 17.8 Å². The second-order valence-electron chi connectivity index (χ2n) is 3.76. The van der Waals surface area contributed by atoms with E-state index in [-0.39, 0.29) is 13.0 Å². The molecule has 7 nitrogen and oxygen atoms in total. The van der Waals surface area contributed by atoms with Gasteiger partial charge in [-0.2, -0.15) is 5.10 Å². The molecule has 1 heterocycles. The van der Waals surface area contributed by atoms with Gasteiger partial charge in [0.25, 0.3) is 0 Å². The molecule has 7 heteroatoms. The molecule has 1 aromatic rings. The van der Waals surface area contributed by atoms with E-state index in [1.54, 1.807) is 6.20 Å². The van der Waals surface area contributed by atoms with Crippen molar-refractivity contribution in [1.82, 2.24) is 20.8 Å². The number of carboxylic acid groups (broad SMARTS) is 1. The van der Waals surface area contributed by atoms with Crippen LogP contribution < -0.4 is 10.6 Å². The minimum absolute atomic E-state index is 0.174. The number of aromatic nitrogens is 2. The van der Waals surface area contributed by atoms with Gasteiger partial charge >= 0.3 is 12.0 Å². The first-order valence-corrected chi connectivity index (χ1v) is 5.41. The molecular weight excluding hydrogens is 236 g/mol. The van der Waals surface area contributed by atoms with Crippen LogP contribution in [0.3, 0.4) is 0 Å². The van der Waals surface area contributed by atoms with Gasteiger partial charge in [-0.05, 0) is 13.3 Å². The van der Waals surface area contributed by atoms with E-state index in [0.29, 0.717) is 0 Å². The van der Waals surface area contributed by atoms with Gasteiger partial charge in [0.05, 0.1) is 6.20 Å². The highest BCUT2D eigenvalue weighted by atomic mass is 16.4. The number of carboxylic acids is 1. The standard InChI is InChI=1S/C11H16N4O3/c1-3-4-9(10(16)17)14-11(18)12-5-8-6-13-15-7(8)2/h3,6,9H,1,4-5H2,2H3,(H,13,15)(H,16,17)(H2,12,14,18). The van der Waals surface area contributed by atoms with Crippen LogP contribution in [-0.2, 0) is 11.3 Å². The highest BCUT2D eigenvalue weighted by molar-refractivity contribution is 5.82. The lowest BCUT2D eigenvalue weighted by molar-refractivity contribution is -0.139. The Labute approximate surface area is 104 Å². The number of nitrogens with one attached hydrogen (secondary N) is 3. The number of hydrogen-bond donors (Lipinski definition) is 4. The van der Waals surface area contributed by atoms with Crippen molar-refractivity contribution in [2.24, 2.45) is 0 Å². The topological polar surface area (TPSA) is 107 Å². The number of nitrogens with zero attached hydrogens (tertiary/aromatic N) is 1. The third-order valence-electron chi connectivity index (χ3n) is 2.38. The van der Waals surface area contributed by atoms with Crippen LogP contribution in [0, 0.1) is 6.92 Å². The maximum atomic E-state index is 11.5. The molecule has 98 valence electrons. The van der Waals surface area contributed by atoms with Gasteiger partial charge < -0.3 is 15.7 Å². The summed E-state index contributed by atoms with van der Waals surface area (Å²) < 4.78 is 0. The molecule has 4 N–H and O–H groups in total. The smallest absolute Gasteiger partial charge is 0.326 e. The van der Waals surface area contributed by atoms with Crippen molar-refractivity contribution in [2.45, 2.75) is 25.9 Å². The predicted molar refractivity (Wildman–Crippen MR) is 64.9 cm³/mol. The maximum absolute atomic E-state index is 11.5. The summed E-state index contributed by atoms with van der Waals surface area (Å²) in [6.45, 7) is 5.56. The second kappa shape index (κ2) is 6.43. The molecule has 2 amide bonds. The summed E-state index contributed by atoms with van der Waals surface area (Å²) in [7, 11) is 0. The molecule has 0 aliphatic carbocycles. The number of rotatable bonds is 6. The summed E-state index contributed by atoms with van der Waals surface area (Å²) in [5.41, 5.74) is 1.71. The Bertz CT molecular complexity index is 441. The summed E-state index contributed by atoms with van der Waals surface area (Å²) in [6, 6.07) is -1.50. The van der Waals surface area contributed by atoms with Crippen LogP contribution in [0.1, 0.15) is 17.7 Å². The van der Waals surface area contributed by atoms with E-state index in [4.69, 9.17) is 5.11 Å². The van der Waals surface area contributed by atoms with Crippen molar-refractivity contribution in [3.8, 4) is 0 Å². The molecule has 18 heavy (non-hydrogen) atoms. The Balaban J connectivity index is 2.43. The van der Waals surface area contributed by atoms with E-state index < -0.39 is 18.0 Å². The van der Waals surface area contributed by atoms with Gasteiger partial charge in [0.15, 0.2) is 0 Å². The zero-order chi connectivity index (χ0) is 13.5. The van der Waals surface area contributed by atoms with Gasteiger partial charge in [-0.1, -0.05) is 6.08 Å². The van der Waals surface area contributed by atoms with E-state index in [0.717, 1.165) is 11.3 Å². The molecule has 0 aliphatic heterocycles. The highest BCUT2D eigenvalue weighted by Gasteiger charge is 2.17. The van der Waals surface area contributed by atoms with E-state index in [2.05, 4.69) is 27.4 Å². The normalized spacial score (nSPS) is 11.6. The molecule has 1 aromatic heterocycles. The zero-order valence-corrected chi connectivity index (χ0v) is 10.1. The highest BCUT2D eigenvalue weighted by Crippen LogP contribution is 2.01. The molecule has 0 radical (unpaired) electrons. The minimum Gasteiger partial charge on any atom is -0.480 e. The first-order valence-electron chi connectivity index (χ1n) is 5.41. The third-order valence-corrected chi connectivity index (χ3v) is 2.38. The average molecular weight is 252 g/mol. The number of amides is 2. The van der Waals surface area contributed by atoms with Crippen molar-refractivity contribution in [2.75, 3.05) is 0 Å². The third kappa shape index (κ3) is 3.93. The van der Waals surface area contributed by atoms with Gasteiger partial charge in [-0.25, -0.2) is 9.59 Å². The second-order valence-corrected chi connectivity index (χ2v) is 3.76. The van der Waals surface area contributed by atoms with Crippen molar-refractivity contribution in [3.63, 3.8) is 0 Å². The molecular formula is C11H16N4O3. The van der Waals surface area contributed by atoms with Gasteiger partial charge in [-0.3, -0.25) is 5.10 Å². The number of urea groups is 1. The predicted octanol–water partition coefficient (Wildman–Crippen LogP) is 0.547. The Morgan fingerprint density at radius 3 is 2.89 bits per heavy atom. The summed E-state index contributed by atoms with van der Waals surface area (Å²) in [6.07, 6.45) is 3.22. The monoisotopic (exact) mass is 252 g/mol. The summed E-state index contributed by atoms with van der Waals surface area (Å²) in [5.74, 6) is -1.09. The molecule has 0 aliphatic rings. The lowest BCUT2D eigenvalue weighted by atomic mass is 10.2. The molecule has 0 bridgehead atoms. The number of aromatic amines is 1. The molecule has 1 rings (SSSR count). The molecule has 0 aromatic carbocycles. The lowest BCUT2D eigenvalue weighted by Gasteiger charge is -2.13. The molecule has 1 unspecified atom stereocenters. The Kier molecular flexibility index (Phi) is 4.91. The Hall–Kier alpha value is -2.31. The Morgan fingerprint density at radius 1 is 1.67 bits per heavy atom. The fourth-order valence-electron chi connectivity index (χ4n) is 1.33. The maximum Gasteiger partial charge on any atom is 0.326 e. The number of aryl methyl sites for hydroxylation is 1. The first-order chi connectivity index (χ1) is 8.54. The fourth-order valence-corrected chi connectivity index (χ4v) is 1.33. The van der Waals surface area contributed by atoms with Crippen molar-refractivity contribution < 1.29 is 14.7 Å². The zero-order valence-electron chi connectivity index (χ0n) is 10.1. The van der Waals surface area contributed by atoms with E-state index in [1.165, 1.54) is 6.08 Å². The Morgan fingerprint density at radius 2 is 2.39 bits per heavy atom. The number of carbonyl (C=O) groups excluding carboxylic acids is 1. The van der Waals surface area contributed by atoms with Crippen LogP contribution in [-0.4, -0.2) is 33.3 Å². The average Bonchev–Trinajstić information content (AvgIpc) is 2.71. The first kappa shape index (κ1) is 13.8. The van der Waals surface area contributed by atoms with E-state index >= 15 is 0 Å². The molecule has 0 fully saturated rings. The van der Waals surface area contributed by atoms with Gasteiger partial charge in [-0.15, -0.1) is 6.58 Å². The van der Waals surface area contributed by atoms with E-state index in [9.17, 15) is 9.59 Å². The van der Waals surface area contributed by atoms with Crippen LogP contribution in [0.25, 0.3) is 0 Å². The fraction of sp³-hybridized carbons (Fsp3) is 0.364. The number of hydrogen-bond acceptors (Lipinski definition) is 3. The molecule has 0 saturated heterocycles. The van der Waals surface area contributed by atoms with Crippen LogP contribution in [0.15, 0.2) is 18.9 Å². The summed E-state index contributed by atoms with van der Waals surface area (Å²) in [4.78, 5) is 22.3. The largest absolute Gasteiger partial charge is 0.480 e.